The zero-order valence-corrected chi connectivity index (χ0v) is 22.2. The molecule has 11 heteroatoms. The highest BCUT2D eigenvalue weighted by Crippen LogP contribution is 2.33. The second kappa shape index (κ2) is 12.3. The molecule has 216 valence electrons. The van der Waals surface area contributed by atoms with E-state index in [2.05, 4.69) is 10.3 Å². The van der Waals surface area contributed by atoms with Gasteiger partial charge in [0.05, 0.1) is 40.2 Å². The van der Waals surface area contributed by atoms with Gasteiger partial charge in [-0.15, -0.1) is 0 Å². The first-order chi connectivity index (χ1) is 23.1. The number of carbonyl (C=O) groups excluding carboxylic acids is 1. The summed E-state index contributed by atoms with van der Waals surface area (Å²) in [6.07, 6.45) is -5.40. The molecule has 0 spiro atoms. The van der Waals surface area contributed by atoms with Crippen LogP contribution in [-0.2, 0) is 30.7 Å². The standard InChI is InChI=1S/C29H37N3O7S/c1-19(2)16-32(40(35,36)22-8-9-24-21(15-22)10-12-30-24)17-26(33)25(14-20-6-4-3-5-7-20)31-29(34)39-27-18-38-28-23(27)11-13-37-28/h3-10,12,15,19,23,25-28,30,33H,11,13-14,16-18H2,1-2H3,(H,31,34)/t23-,25-,26+,27-,28+/m0/s1/i1D3,2D3,18D2,19D,27D. The highest BCUT2D eigenvalue weighted by molar-refractivity contribution is 7.89. The van der Waals surface area contributed by atoms with Crippen LogP contribution in [0.1, 0.15) is 39.4 Å². The van der Waals surface area contributed by atoms with Crippen LogP contribution in [0.2, 0.25) is 0 Å². The van der Waals surface area contributed by atoms with Crippen LogP contribution in [0.15, 0.2) is 65.7 Å². The molecule has 2 aliphatic heterocycles. The van der Waals surface area contributed by atoms with Crippen molar-refractivity contribution in [1.82, 2.24) is 14.6 Å². The number of aliphatic hydroxyl groups excluding tert-OH is 1. The summed E-state index contributed by atoms with van der Waals surface area (Å²) in [7, 11) is -4.82. The Balaban J connectivity index is 1.49. The van der Waals surface area contributed by atoms with Gasteiger partial charge in [0, 0.05) is 39.8 Å². The van der Waals surface area contributed by atoms with Gasteiger partial charge in [0.2, 0.25) is 10.0 Å². The first-order valence-electron chi connectivity index (χ1n) is 17.7. The number of amides is 1. The van der Waals surface area contributed by atoms with Gasteiger partial charge in [-0.2, -0.15) is 4.31 Å². The molecule has 1 amide bonds. The number of aromatic amines is 1. The quantitative estimate of drug-likeness (QED) is 0.317. The summed E-state index contributed by atoms with van der Waals surface area (Å²) < 4.78 is 126. The first kappa shape index (κ1) is 18.5. The fraction of sp³-hybridized carbons (Fsp3) is 0.483. The van der Waals surface area contributed by atoms with Gasteiger partial charge >= 0.3 is 6.09 Å². The minimum atomic E-state index is -4.82. The van der Waals surface area contributed by atoms with Crippen molar-refractivity contribution in [2.75, 3.05) is 26.3 Å². The highest BCUT2D eigenvalue weighted by atomic mass is 32.2. The number of nitrogens with one attached hydrogen (secondary N) is 2. The molecule has 0 saturated carbocycles. The van der Waals surface area contributed by atoms with Gasteiger partial charge in [-0.25, -0.2) is 13.2 Å². The third-order valence-electron chi connectivity index (χ3n) is 6.81. The normalized spacial score (nSPS) is 30.1. The lowest BCUT2D eigenvalue weighted by Gasteiger charge is -2.31. The summed E-state index contributed by atoms with van der Waals surface area (Å²) >= 11 is 0. The number of carbonyl (C=O) groups is 1. The zero-order chi connectivity index (χ0) is 36.9. The average molecular weight is 582 g/mol. The molecule has 0 bridgehead atoms. The molecule has 2 aliphatic rings. The number of H-pyrrole nitrogens is 1. The number of hydrogen-bond donors (Lipinski definition) is 3. The fourth-order valence-corrected chi connectivity index (χ4v) is 6.22. The number of sulfonamides is 1. The van der Waals surface area contributed by atoms with E-state index in [1.54, 1.807) is 42.6 Å². The van der Waals surface area contributed by atoms with Crippen LogP contribution in [-0.4, -0.2) is 79.7 Å². The van der Waals surface area contributed by atoms with E-state index in [0.717, 1.165) is 0 Å². The predicted molar refractivity (Wildman–Crippen MR) is 149 cm³/mol. The molecule has 2 aromatic carbocycles. The number of fused-ring (bicyclic) bond motifs is 2. The van der Waals surface area contributed by atoms with Crippen LogP contribution in [0, 0.1) is 11.8 Å². The molecular weight excluding hydrogens is 534 g/mol. The highest BCUT2D eigenvalue weighted by Gasteiger charge is 2.44. The van der Waals surface area contributed by atoms with Crippen LogP contribution in [0.25, 0.3) is 10.9 Å². The van der Waals surface area contributed by atoms with Gasteiger partial charge in [-0.1, -0.05) is 44.0 Å². The lowest BCUT2D eigenvalue weighted by molar-refractivity contribution is -0.0907. The molecule has 3 heterocycles. The second-order valence-corrected chi connectivity index (χ2v) is 11.6. The maximum Gasteiger partial charge on any atom is 0.407 e. The molecule has 40 heavy (non-hydrogen) atoms. The number of alkyl carbamates (subject to hydrolysis) is 1. The van der Waals surface area contributed by atoms with E-state index in [1.807, 2.05) is 0 Å². The van der Waals surface area contributed by atoms with Crippen molar-refractivity contribution in [1.29, 1.82) is 0 Å². The molecular formula is C29H37N3O7S. The van der Waals surface area contributed by atoms with E-state index < -0.39 is 85.8 Å². The number of aromatic nitrogens is 1. The zero-order valence-electron chi connectivity index (χ0n) is 31.4. The van der Waals surface area contributed by atoms with Crippen molar-refractivity contribution in [3.63, 3.8) is 0 Å². The lowest BCUT2D eigenvalue weighted by atomic mass is 10.0. The van der Waals surface area contributed by atoms with Crippen LogP contribution >= 0.6 is 0 Å². The second-order valence-electron chi connectivity index (χ2n) is 9.62. The Bertz CT molecular complexity index is 1780. The minimum Gasteiger partial charge on any atom is -0.443 e. The van der Waals surface area contributed by atoms with Crippen molar-refractivity contribution in [3.8, 4) is 0 Å². The molecule has 2 saturated heterocycles. The van der Waals surface area contributed by atoms with Gasteiger partial charge in [0.1, 0.15) is 6.08 Å². The minimum absolute atomic E-state index is 0.137. The van der Waals surface area contributed by atoms with Crippen molar-refractivity contribution in [2.24, 2.45) is 11.8 Å². The van der Waals surface area contributed by atoms with E-state index >= 15 is 0 Å². The molecule has 2 fully saturated rings. The molecule has 3 aromatic rings. The van der Waals surface area contributed by atoms with E-state index in [1.165, 1.54) is 18.2 Å². The smallest absolute Gasteiger partial charge is 0.407 e. The Morgan fingerprint density at radius 2 is 2.10 bits per heavy atom. The van der Waals surface area contributed by atoms with Crippen molar-refractivity contribution in [3.05, 3.63) is 66.4 Å². The molecule has 10 nitrogen and oxygen atoms in total. The summed E-state index contributed by atoms with van der Waals surface area (Å²) in [5, 5.41) is 14.5. The lowest BCUT2D eigenvalue weighted by Crippen LogP contribution is -2.51. The maximum absolute atomic E-state index is 14.2. The van der Waals surface area contributed by atoms with E-state index in [0.29, 0.717) is 20.8 Å². The van der Waals surface area contributed by atoms with Crippen LogP contribution in [0.4, 0.5) is 4.79 Å². The molecule has 5 rings (SSSR count). The Morgan fingerprint density at radius 3 is 2.90 bits per heavy atom. The summed E-state index contributed by atoms with van der Waals surface area (Å²) in [5.41, 5.74) is 1.11. The van der Waals surface area contributed by atoms with E-state index in [-0.39, 0.29) is 24.3 Å². The third kappa shape index (κ3) is 6.50. The molecule has 1 aromatic heterocycles. The number of rotatable bonds is 11. The topological polar surface area (TPSA) is 130 Å². The average Bonchev–Trinajstić information content (AvgIpc) is 3.72. The number of ether oxygens (including phenoxy) is 3. The van der Waals surface area contributed by atoms with Crippen LogP contribution < -0.4 is 5.32 Å². The van der Waals surface area contributed by atoms with Gasteiger partial charge in [0.15, 0.2) is 6.29 Å². The molecule has 0 radical (unpaired) electrons. The number of nitrogens with zero attached hydrogens (tertiary/aromatic N) is 1. The van der Waals surface area contributed by atoms with Gasteiger partial charge in [-0.3, -0.25) is 0 Å². The first-order valence-corrected chi connectivity index (χ1v) is 14.1. The monoisotopic (exact) mass is 581 g/mol. The van der Waals surface area contributed by atoms with Crippen molar-refractivity contribution < 1.29 is 46.2 Å². The molecule has 3 N–H and O–H groups in total. The maximum atomic E-state index is 14.2. The Labute approximate surface area is 248 Å². The SMILES string of the molecule is [2H]C([2H])([2H])C([2H])(CN(C[C@@H](O)[C@H](Cc1ccccc1)NC(=O)O[C@]1([2H])[C@@H]2CCO[C@@H]2OC1([2H])[2H])S(=O)(=O)c1ccc2[nH]ccc2c1)C([2H])([2H])[2H]. The number of aliphatic hydroxyl groups is 1. The molecule has 0 aliphatic carbocycles. The Morgan fingerprint density at radius 1 is 1.27 bits per heavy atom. The fourth-order valence-electron chi connectivity index (χ4n) is 4.76. The summed E-state index contributed by atoms with van der Waals surface area (Å²) in [5.74, 6) is -4.33. The molecule has 5 atom stereocenters. The summed E-state index contributed by atoms with van der Waals surface area (Å²) in [6.45, 7) is -12.1. The van der Waals surface area contributed by atoms with Crippen molar-refractivity contribution in [2.45, 2.75) is 56.0 Å². The van der Waals surface area contributed by atoms with Crippen LogP contribution in [0.3, 0.4) is 0 Å². The molecule has 0 unspecified atom stereocenters. The summed E-state index contributed by atoms with van der Waals surface area (Å²) in [6, 6.07) is 12.4. The summed E-state index contributed by atoms with van der Waals surface area (Å²) in [4.78, 5) is 15.9. The van der Waals surface area contributed by atoms with E-state index in [4.69, 9.17) is 27.9 Å². The van der Waals surface area contributed by atoms with Crippen molar-refractivity contribution >= 4 is 27.0 Å². The Kier molecular flexibility index (Phi) is 5.67. The largest absolute Gasteiger partial charge is 0.443 e. The predicted octanol–water partition coefficient (Wildman–Crippen LogP) is 3.27. The van der Waals surface area contributed by atoms with Crippen LogP contribution in [0.5, 0.6) is 0 Å². The van der Waals surface area contributed by atoms with Gasteiger partial charge in [0.25, 0.3) is 0 Å². The van der Waals surface area contributed by atoms with E-state index in [9.17, 15) is 18.3 Å². The number of benzene rings is 2. The third-order valence-corrected chi connectivity index (χ3v) is 8.62. The van der Waals surface area contributed by atoms with Gasteiger partial charge in [-0.05, 0) is 48.6 Å². The van der Waals surface area contributed by atoms with Gasteiger partial charge < -0.3 is 29.6 Å². The Hall–Kier alpha value is -2.96. The number of hydrogen-bond acceptors (Lipinski definition) is 7.